The van der Waals surface area contributed by atoms with Gasteiger partial charge >= 0.3 is 0 Å². The summed E-state index contributed by atoms with van der Waals surface area (Å²) in [4.78, 5) is 0. The van der Waals surface area contributed by atoms with Gasteiger partial charge in [-0.1, -0.05) is 17.7 Å². The Bertz CT molecular complexity index is 465. The van der Waals surface area contributed by atoms with Gasteiger partial charge < -0.3 is 0 Å². The third kappa shape index (κ3) is 1.70. The van der Waals surface area contributed by atoms with E-state index in [2.05, 4.69) is 21.0 Å². The van der Waals surface area contributed by atoms with Crippen molar-refractivity contribution < 1.29 is 0 Å². The van der Waals surface area contributed by atoms with Crippen molar-refractivity contribution in [2.24, 2.45) is 0 Å². The molecular weight excluding hydrogens is 263 g/mol. The van der Waals surface area contributed by atoms with Crippen molar-refractivity contribution >= 4 is 27.5 Å². The van der Waals surface area contributed by atoms with Crippen molar-refractivity contribution in [3.05, 3.63) is 45.7 Å². The van der Waals surface area contributed by atoms with Gasteiger partial charge in [0.25, 0.3) is 0 Å². The lowest BCUT2D eigenvalue weighted by Crippen LogP contribution is -1.96. The van der Waals surface area contributed by atoms with Crippen LogP contribution in [0, 0.1) is 6.92 Å². The molecule has 1 aromatic heterocycles. The highest BCUT2D eigenvalue weighted by Gasteiger charge is 2.06. The maximum atomic E-state index is 6.13. The first-order chi connectivity index (χ1) is 6.68. The lowest BCUT2D eigenvalue weighted by Gasteiger charge is -2.04. The van der Waals surface area contributed by atoms with Crippen LogP contribution < -0.4 is 0 Å². The first-order valence-corrected chi connectivity index (χ1v) is 5.32. The fourth-order valence-electron chi connectivity index (χ4n) is 1.22. The maximum absolute atomic E-state index is 6.13. The lowest BCUT2D eigenvalue weighted by atomic mass is 10.3. The molecule has 0 aliphatic rings. The number of aryl methyl sites for hydroxylation is 1. The zero-order chi connectivity index (χ0) is 10.1. The fourth-order valence-corrected chi connectivity index (χ4v) is 1.79. The van der Waals surface area contributed by atoms with Crippen LogP contribution in [0.3, 0.4) is 0 Å². The van der Waals surface area contributed by atoms with E-state index in [0.717, 1.165) is 15.9 Å². The molecule has 0 saturated carbocycles. The summed E-state index contributed by atoms with van der Waals surface area (Å²) >= 11 is 9.51. The summed E-state index contributed by atoms with van der Waals surface area (Å²) in [7, 11) is 0. The minimum atomic E-state index is 0.676. The molecule has 0 spiro atoms. The molecule has 1 heterocycles. The van der Waals surface area contributed by atoms with Crippen LogP contribution in [0.15, 0.2) is 34.9 Å². The highest BCUT2D eigenvalue weighted by molar-refractivity contribution is 9.10. The van der Waals surface area contributed by atoms with E-state index >= 15 is 0 Å². The summed E-state index contributed by atoms with van der Waals surface area (Å²) in [5.74, 6) is 0. The van der Waals surface area contributed by atoms with Gasteiger partial charge in [0.05, 0.1) is 16.4 Å². The van der Waals surface area contributed by atoms with Crippen LogP contribution in [0.2, 0.25) is 5.02 Å². The Hall–Kier alpha value is -0.800. The van der Waals surface area contributed by atoms with Crippen LogP contribution in [0.1, 0.15) is 5.69 Å². The largest absolute Gasteiger partial charge is 0.239 e. The van der Waals surface area contributed by atoms with Crippen molar-refractivity contribution in [1.82, 2.24) is 9.78 Å². The standard InChI is InChI=1S/C10H8BrClN2/c1-7-5-6-14(13-7)9-4-2-3-8(11)10(9)12/h2-6H,1H3. The molecule has 0 aliphatic carbocycles. The van der Waals surface area contributed by atoms with Crippen LogP contribution in [-0.2, 0) is 0 Å². The van der Waals surface area contributed by atoms with Gasteiger partial charge in [-0.3, -0.25) is 0 Å². The Morgan fingerprint density at radius 3 is 2.79 bits per heavy atom. The molecule has 0 unspecified atom stereocenters. The minimum Gasteiger partial charge on any atom is -0.239 e. The Morgan fingerprint density at radius 1 is 1.36 bits per heavy atom. The first kappa shape index (κ1) is 9.74. The molecule has 14 heavy (non-hydrogen) atoms. The van der Waals surface area contributed by atoms with E-state index in [1.165, 1.54) is 0 Å². The molecule has 0 N–H and O–H groups in total. The van der Waals surface area contributed by atoms with Gasteiger partial charge in [0, 0.05) is 10.7 Å². The molecule has 2 nitrogen and oxygen atoms in total. The van der Waals surface area contributed by atoms with E-state index in [-0.39, 0.29) is 0 Å². The molecule has 2 aromatic rings. The smallest absolute Gasteiger partial charge is 0.0843 e. The SMILES string of the molecule is Cc1ccn(-c2cccc(Br)c2Cl)n1. The molecule has 0 atom stereocenters. The number of rotatable bonds is 1. The van der Waals surface area contributed by atoms with E-state index in [0.29, 0.717) is 5.02 Å². The van der Waals surface area contributed by atoms with E-state index < -0.39 is 0 Å². The zero-order valence-electron chi connectivity index (χ0n) is 7.54. The predicted molar refractivity (Wildman–Crippen MR) is 61.0 cm³/mol. The van der Waals surface area contributed by atoms with Gasteiger partial charge in [-0.15, -0.1) is 0 Å². The summed E-state index contributed by atoms with van der Waals surface area (Å²) in [5.41, 5.74) is 1.86. The van der Waals surface area contributed by atoms with Crippen molar-refractivity contribution in [2.75, 3.05) is 0 Å². The zero-order valence-corrected chi connectivity index (χ0v) is 9.88. The van der Waals surface area contributed by atoms with Gasteiger partial charge in [-0.05, 0) is 41.1 Å². The number of nitrogens with zero attached hydrogens (tertiary/aromatic N) is 2. The summed E-state index contributed by atoms with van der Waals surface area (Å²) < 4.78 is 2.65. The maximum Gasteiger partial charge on any atom is 0.0843 e. The van der Waals surface area contributed by atoms with Gasteiger partial charge in [0.15, 0.2) is 0 Å². The van der Waals surface area contributed by atoms with Crippen LogP contribution in [-0.4, -0.2) is 9.78 Å². The monoisotopic (exact) mass is 270 g/mol. The molecule has 0 radical (unpaired) electrons. The second-order valence-electron chi connectivity index (χ2n) is 2.97. The second-order valence-corrected chi connectivity index (χ2v) is 4.21. The summed E-state index contributed by atoms with van der Waals surface area (Å²) in [5, 5.41) is 4.97. The van der Waals surface area contributed by atoms with E-state index in [1.54, 1.807) is 4.68 Å². The number of halogens is 2. The topological polar surface area (TPSA) is 17.8 Å². The van der Waals surface area contributed by atoms with E-state index in [4.69, 9.17) is 11.6 Å². The van der Waals surface area contributed by atoms with Crippen LogP contribution >= 0.6 is 27.5 Å². The Balaban J connectivity index is 2.57. The number of hydrogen-bond donors (Lipinski definition) is 0. The Labute approximate surface area is 95.6 Å². The molecular formula is C10H8BrClN2. The molecule has 4 heteroatoms. The van der Waals surface area contributed by atoms with Gasteiger partial charge in [0.2, 0.25) is 0 Å². The summed E-state index contributed by atoms with van der Waals surface area (Å²) in [6.45, 7) is 1.95. The summed E-state index contributed by atoms with van der Waals surface area (Å²) in [6, 6.07) is 7.71. The van der Waals surface area contributed by atoms with Crippen molar-refractivity contribution in [2.45, 2.75) is 6.92 Å². The molecule has 0 aliphatic heterocycles. The third-order valence-corrected chi connectivity index (χ3v) is 3.19. The van der Waals surface area contributed by atoms with Gasteiger partial charge in [0.1, 0.15) is 0 Å². The highest BCUT2D eigenvalue weighted by atomic mass is 79.9. The molecule has 0 saturated heterocycles. The van der Waals surface area contributed by atoms with Gasteiger partial charge in [-0.2, -0.15) is 5.10 Å². The lowest BCUT2D eigenvalue weighted by molar-refractivity contribution is 0.862. The first-order valence-electron chi connectivity index (χ1n) is 4.15. The predicted octanol–water partition coefficient (Wildman–Crippen LogP) is 3.60. The molecule has 0 fully saturated rings. The fraction of sp³-hybridized carbons (Fsp3) is 0.100. The van der Waals surface area contributed by atoms with Crippen molar-refractivity contribution in [1.29, 1.82) is 0 Å². The Kier molecular flexibility index (Phi) is 2.61. The molecule has 0 bridgehead atoms. The number of benzene rings is 1. The highest BCUT2D eigenvalue weighted by Crippen LogP contribution is 2.28. The van der Waals surface area contributed by atoms with Crippen LogP contribution in [0.4, 0.5) is 0 Å². The van der Waals surface area contributed by atoms with Gasteiger partial charge in [-0.25, -0.2) is 4.68 Å². The van der Waals surface area contributed by atoms with Crippen molar-refractivity contribution in [3.63, 3.8) is 0 Å². The molecule has 2 rings (SSSR count). The van der Waals surface area contributed by atoms with Crippen LogP contribution in [0.5, 0.6) is 0 Å². The average molecular weight is 272 g/mol. The number of aromatic nitrogens is 2. The molecule has 0 amide bonds. The minimum absolute atomic E-state index is 0.676. The van der Waals surface area contributed by atoms with E-state index in [9.17, 15) is 0 Å². The van der Waals surface area contributed by atoms with Crippen molar-refractivity contribution in [3.8, 4) is 5.69 Å². The average Bonchev–Trinajstić information content (AvgIpc) is 2.57. The third-order valence-electron chi connectivity index (χ3n) is 1.90. The normalized spacial score (nSPS) is 10.5. The quantitative estimate of drug-likeness (QED) is 0.775. The number of hydrogen-bond acceptors (Lipinski definition) is 1. The summed E-state index contributed by atoms with van der Waals surface area (Å²) in [6.07, 6.45) is 1.89. The second kappa shape index (κ2) is 3.75. The Morgan fingerprint density at radius 2 is 2.14 bits per heavy atom. The molecule has 1 aromatic carbocycles. The van der Waals surface area contributed by atoms with Crippen LogP contribution in [0.25, 0.3) is 5.69 Å². The molecule has 72 valence electrons. The van der Waals surface area contributed by atoms with E-state index in [1.807, 2.05) is 37.4 Å².